The van der Waals surface area contributed by atoms with E-state index in [1.165, 1.54) is 0 Å². The molecule has 0 aromatic heterocycles. The molecule has 106 valence electrons. The summed E-state index contributed by atoms with van der Waals surface area (Å²) in [7, 11) is 0. The van der Waals surface area contributed by atoms with Crippen LogP contribution >= 0.6 is 0 Å². The van der Waals surface area contributed by atoms with Crippen LogP contribution in [0.4, 0.5) is 20.2 Å². The van der Waals surface area contributed by atoms with E-state index in [2.05, 4.69) is 5.32 Å². The minimum absolute atomic E-state index is 0.0280. The van der Waals surface area contributed by atoms with Crippen molar-refractivity contribution >= 4 is 11.4 Å². The van der Waals surface area contributed by atoms with Gasteiger partial charge in [0.15, 0.2) is 17.3 Å². The molecule has 1 unspecified atom stereocenters. The fraction of sp³-hybridized carbons (Fsp3) is 0.500. The molecule has 0 spiro atoms. The van der Waals surface area contributed by atoms with Crippen molar-refractivity contribution in [2.45, 2.75) is 26.3 Å². The minimum atomic E-state index is -1.27. The molecule has 0 aliphatic carbocycles. The van der Waals surface area contributed by atoms with E-state index in [0.29, 0.717) is 0 Å². The van der Waals surface area contributed by atoms with Gasteiger partial charge in [-0.3, -0.25) is 10.1 Å². The number of nitro groups is 1. The Balaban J connectivity index is 3.33. The highest BCUT2D eigenvalue weighted by atomic mass is 19.2. The normalized spacial score (nSPS) is 14.3. The van der Waals surface area contributed by atoms with Gasteiger partial charge >= 0.3 is 0 Å². The lowest BCUT2D eigenvalue weighted by Crippen LogP contribution is -2.47. The Labute approximate surface area is 109 Å². The molecule has 1 rings (SSSR count). The van der Waals surface area contributed by atoms with Crippen molar-refractivity contribution in [3.05, 3.63) is 33.9 Å². The van der Waals surface area contributed by atoms with Crippen molar-refractivity contribution in [1.29, 1.82) is 0 Å². The molecule has 0 aliphatic heterocycles. The lowest BCUT2D eigenvalue weighted by molar-refractivity contribution is -0.384. The summed E-state index contributed by atoms with van der Waals surface area (Å²) in [6, 6.07) is 1.66. The van der Waals surface area contributed by atoms with E-state index in [9.17, 15) is 18.9 Å². The number of nitrogens with zero attached hydrogens (tertiary/aromatic N) is 1. The molecule has 3 N–H and O–H groups in total. The summed E-state index contributed by atoms with van der Waals surface area (Å²) in [5.74, 6) is -2.44. The van der Waals surface area contributed by atoms with Crippen LogP contribution in [0.2, 0.25) is 0 Å². The Hall–Kier alpha value is -1.76. The molecule has 0 radical (unpaired) electrons. The summed E-state index contributed by atoms with van der Waals surface area (Å²) in [6.07, 6.45) is 0. The zero-order valence-corrected chi connectivity index (χ0v) is 11.0. The van der Waals surface area contributed by atoms with Gasteiger partial charge in [-0.25, -0.2) is 8.78 Å². The van der Waals surface area contributed by atoms with Gasteiger partial charge in [0.05, 0.1) is 4.92 Å². The number of nitro benzene ring substituents is 1. The van der Waals surface area contributed by atoms with Crippen molar-refractivity contribution in [3.8, 4) is 0 Å². The maximum Gasteiger partial charge on any atom is 0.295 e. The molecule has 1 atom stereocenters. The van der Waals surface area contributed by atoms with E-state index in [0.717, 1.165) is 12.1 Å². The molecule has 5 nitrogen and oxygen atoms in total. The lowest BCUT2D eigenvalue weighted by Gasteiger charge is -2.34. The summed E-state index contributed by atoms with van der Waals surface area (Å²) >= 11 is 0. The van der Waals surface area contributed by atoms with Crippen molar-refractivity contribution in [1.82, 2.24) is 0 Å². The third-order valence-electron chi connectivity index (χ3n) is 3.38. The molecule has 0 amide bonds. The predicted molar refractivity (Wildman–Crippen MR) is 68.9 cm³/mol. The Morgan fingerprint density at radius 3 is 2.47 bits per heavy atom. The molecule has 0 fully saturated rings. The molecule has 0 saturated heterocycles. The highest BCUT2D eigenvalue weighted by Gasteiger charge is 2.32. The molecule has 0 aliphatic rings. The Bertz CT molecular complexity index is 494. The van der Waals surface area contributed by atoms with E-state index in [1.54, 1.807) is 6.92 Å². The molecule has 1 aromatic rings. The van der Waals surface area contributed by atoms with E-state index in [-0.39, 0.29) is 12.5 Å². The maximum absolute atomic E-state index is 13.8. The van der Waals surface area contributed by atoms with Crippen LogP contribution in [-0.2, 0) is 0 Å². The van der Waals surface area contributed by atoms with Crippen LogP contribution in [-0.4, -0.2) is 17.0 Å². The monoisotopic (exact) mass is 273 g/mol. The van der Waals surface area contributed by atoms with Gasteiger partial charge in [0.1, 0.15) is 0 Å². The van der Waals surface area contributed by atoms with Crippen molar-refractivity contribution in [2.75, 3.05) is 11.9 Å². The summed E-state index contributed by atoms with van der Waals surface area (Å²) in [5.41, 5.74) is 3.86. The fourth-order valence-electron chi connectivity index (χ4n) is 1.53. The van der Waals surface area contributed by atoms with Crippen LogP contribution in [0, 0.1) is 27.7 Å². The van der Waals surface area contributed by atoms with Crippen LogP contribution in [0.3, 0.4) is 0 Å². The molecule has 0 bridgehead atoms. The first kappa shape index (κ1) is 15.3. The van der Waals surface area contributed by atoms with Crippen LogP contribution in [0.25, 0.3) is 0 Å². The van der Waals surface area contributed by atoms with Gasteiger partial charge in [-0.2, -0.15) is 0 Å². The first-order valence-electron chi connectivity index (χ1n) is 5.83. The van der Waals surface area contributed by atoms with Crippen molar-refractivity contribution in [3.63, 3.8) is 0 Å². The molecule has 19 heavy (non-hydrogen) atoms. The third-order valence-corrected chi connectivity index (χ3v) is 3.38. The highest BCUT2D eigenvalue weighted by Crippen LogP contribution is 2.33. The fourth-order valence-corrected chi connectivity index (χ4v) is 1.53. The Morgan fingerprint density at radius 2 is 2.05 bits per heavy atom. The van der Waals surface area contributed by atoms with Gasteiger partial charge in [0.25, 0.3) is 5.69 Å². The summed E-state index contributed by atoms with van der Waals surface area (Å²) in [4.78, 5) is 10.1. The largest absolute Gasteiger partial charge is 0.370 e. The van der Waals surface area contributed by atoms with Crippen molar-refractivity contribution in [2.24, 2.45) is 11.7 Å². The average molecular weight is 273 g/mol. The van der Waals surface area contributed by atoms with Crippen LogP contribution in [0.1, 0.15) is 20.8 Å². The number of rotatable bonds is 5. The molecular weight excluding hydrogens is 256 g/mol. The van der Waals surface area contributed by atoms with Crippen LogP contribution < -0.4 is 11.1 Å². The average Bonchev–Trinajstić information content (AvgIpc) is 2.34. The van der Waals surface area contributed by atoms with E-state index >= 15 is 0 Å². The number of hydrogen-bond acceptors (Lipinski definition) is 4. The SMILES string of the molecule is CC(C)C(C)(CN)Nc1c([N+](=O)[O-])ccc(F)c1F. The van der Waals surface area contributed by atoms with Gasteiger partial charge in [0.2, 0.25) is 0 Å². The Morgan fingerprint density at radius 1 is 1.47 bits per heavy atom. The highest BCUT2D eigenvalue weighted by molar-refractivity contribution is 5.63. The smallest absolute Gasteiger partial charge is 0.295 e. The van der Waals surface area contributed by atoms with Gasteiger partial charge in [0, 0.05) is 18.2 Å². The maximum atomic E-state index is 13.8. The zero-order valence-electron chi connectivity index (χ0n) is 11.0. The second-order valence-corrected chi connectivity index (χ2v) is 4.91. The zero-order chi connectivity index (χ0) is 14.8. The number of benzene rings is 1. The second-order valence-electron chi connectivity index (χ2n) is 4.91. The second kappa shape index (κ2) is 5.48. The number of halogens is 2. The molecular formula is C12H17F2N3O2. The number of hydrogen-bond donors (Lipinski definition) is 2. The molecule has 1 aromatic carbocycles. The lowest BCUT2D eigenvalue weighted by atomic mass is 9.88. The van der Waals surface area contributed by atoms with E-state index in [4.69, 9.17) is 5.73 Å². The summed E-state index contributed by atoms with van der Waals surface area (Å²) < 4.78 is 27.0. The topological polar surface area (TPSA) is 81.2 Å². The first-order valence-corrected chi connectivity index (χ1v) is 5.83. The number of nitrogens with one attached hydrogen (secondary N) is 1. The molecule has 7 heteroatoms. The van der Waals surface area contributed by atoms with E-state index in [1.807, 2.05) is 13.8 Å². The van der Waals surface area contributed by atoms with Gasteiger partial charge in [-0.1, -0.05) is 13.8 Å². The van der Waals surface area contributed by atoms with Crippen LogP contribution in [0.15, 0.2) is 12.1 Å². The Kier molecular flexibility index (Phi) is 4.41. The third kappa shape index (κ3) is 2.98. The summed E-state index contributed by atoms with van der Waals surface area (Å²) in [6.45, 7) is 5.50. The van der Waals surface area contributed by atoms with Gasteiger partial charge in [-0.05, 0) is 18.9 Å². The number of anilines is 1. The number of nitrogens with two attached hydrogens (primary N) is 1. The van der Waals surface area contributed by atoms with Gasteiger partial charge in [-0.15, -0.1) is 0 Å². The first-order chi connectivity index (χ1) is 8.73. The van der Waals surface area contributed by atoms with Crippen molar-refractivity contribution < 1.29 is 13.7 Å². The standard InChI is InChI=1S/C12H17F2N3O2/c1-7(2)12(3,6-15)16-11-9(17(18)19)5-4-8(13)10(11)14/h4-5,7,16H,6,15H2,1-3H3. The molecule has 0 heterocycles. The van der Waals surface area contributed by atoms with Crippen LogP contribution in [0.5, 0.6) is 0 Å². The summed E-state index contributed by atoms with van der Waals surface area (Å²) in [5, 5.41) is 13.6. The molecule has 0 saturated carbocycles. The van der Waals surface area contributed by atoms with E-state index < -0.39 is 33.5 Å². The predicted octanol–water partition coefficient (Wildman–Crippen LogP) is 2.66. The van der Waals surface area contributed by atoms with Gasteiger partial charge < -0.3 is 11.1 Å². The quantitative estimate of drug-likeness (QED) is 0.638. The minimum Gasteiger partial charge on any atom is -0.370 e.